The van der Waals surface area contributed by atoms with Crippen molar-refractivity contribution in [2.24, 2.45) is 0 Å². The monoisotopic (exact) mass is 348 g/mol. The molecule has 124 valence electrons. The first-order valence-corrected chi connectivity index (χ1v) is 7.80. The molecule has 0 bridgehead atoms. The highest BCUT2D eigenvalue weighted by Gasteiger charge is 2.46. The van der Waals surface area contributed by atoms with E-state index in [4.69, 9.17) is 0 Å². The molecule has 0 aliphatic rings. The van der Waals surface area contributed by atoms with Crippen LogP contribution in [0.5, 0.6) is 0 Å². The van der Waals surface area contributed by atoms with Crippen molar-refractivity contribution in [3.63, 3.8) is 0 Å². The van der Waals surface area contributed by atoms with E-state index in [1.165, 1.54) is 35.9 Å². The number of carboxylic acid groups (broad SMARTS) is 1. The fourth-order valence-electron chi connectivity index (χ4n) is 2.08. The Morgan fingerprint density at radius 3 is 2.43 bits per heavy atom. The molecule has 1 heterocycles. The molecule has 0 unspecified atom stereocenters. The van der Waals surface area contributed by atoms with Crippen LogP contribution in [0.25, 0.3) is 10.9 Å². The Labute approximate surface area is 129 Å². The summed E-state index contributed by atoms with van der Waals surface area (Å²) in [6.45, 7) is 1.49. The second kappa shape index (κ2) is 5.69. The number of rotatable bonds is 4. The highest BCUT2D eigenvalue weighted by atomic mass is 32.2. The molecule has 10 heteroatoms. The number of benzene rings is 1. The molecular formula is C13H11F3N2O4S. The molecule has 2 aromatic rings. The third-order valence-electron chi connectivity index (χ3n) is 3.09. The minimum absolute atomic E-state index is 0.0187. The Morgan fingerprint density at radius 2 is 1.91 bits per heavy atom. The van der Waals surface area contributed by atoms with E-state index in [2.05, 4.69) is 4.98 Å². The van der Waals surface area contributed by atoms with Crippen LogP contribution in [0.4, 0.5) is 18.9 Å². The molecule has 2 N–H and O–H groups in total. The molecule has 0 saturated heterocycles. The number of pyridine rings is 1. The van der Waals surface area contributed by atoms with Gasteiger partial charge in [-0.2, -0.15) is 21.6 Å². The van der Waals surface area contributed by atoms with Crippen LogP contribution in [-0.2, 0) is 16.4 Å². The standard InChI is InChI=1S/C13H11F3N2O4S/c1-2-7-10(18-23(21,22)13(14,15)16)8-5-3-4-6-9(8)17-11(7)12(19)20/h3-6H,2H2,1H3,(H,17,18)(H,19,20). The zero-order valence-electron chi connectivity index (χ0n) is 11.7. The van der Waals surface area contributed by atoms with Gasteiger partial charge in [0, 0.05) is 10.9 Å². The second-order valence-electron chi connectivity index (χ2n) is 4.54. The third-order valence-corrected chi connectivity index (χ3v) is 4.17. The largest absolute Gasteiger partial charge is 0.516 e. The number of anilines is 1. The molecule has 2 rings (SSSR count). The molecule has 1 aromatic heterocycles. The lowest BCUT2D eigenvalue weighted by Gasteiger charge is -2.17. The van der Waals surface area contributed by atoms with E-state index < -0.39 is 32.9 Å². The number of nitrogens with one attached hydrogen (secondary N) is 1. The maximum atomic E-state index is 12.6. The Balaban J connectivity index is 2.82. The van der Waals surface area contributed by atoms with Crippen LogP contribution in [0, 0.1) is 0 Å². The van der Waals surface area contributed by atoms with Crippen LogP contribution in [-0.4, -0.2) is 30.0 Å². The molecule has 0 radical (unpaired) electrons. The van der Waals surface area contributed by atoms with Crippen molar-refractivity contribution in [2.45, 2.75) is 18.9 Å². The number of nitrogens with zero attached hydrogens (tertiary/aromatic N) is 1. The number of fused-ring (bicyclic) bond motifs is 1. The van der Waals surface area contributed by atoms with Gasteiger partial charge in [0.05, 0.1) is 11.2 Å². The van der Waals surface area contributed by atoms with E-state index in [1.807, 2.05) is 0 Å². The molecule has 0 aliphatic heterocycles. The van der Waals surface area contributed by atoms with Gasteiger partial charge in [0.1, 0.15) is 0 Å². The number of carboxylic acids is 1. The number of aromatic carboxylic acids is 1. The quantitative estimate of drug-likeness (QED) is 0.886. The molecule has 0 fully saturated rings. The molecular weight excluding hydrogens is 337 g/mol. The summed E-state index contributed by atoms with van der Waals surface area (Å²) in [5, 5.41) is 9.26. The van der Waals surface area contributed by atoms with Gasteiger partial charge < -0.3 is 5.11 Å². The molecule has 0 atom stereocenters. The molecule has 6 nitrogen and oxygen atoms in total. The number of hydrogen-bond acceptors (Lipinski definition) is 4. The average molecular weight is 348 g/mol. The number of sulfonamides is 1. The lowest BCUT2D eigenvalue weighted by molar-refractivity contribution is -0.0429. The van der Waals surface area contributed by atoms with Gasteiger partial charge in [-0.25, -0.2) is 9.78 Å². The zero-order valence-corrected chi connectivity index (χ0v) is 12.5. The van der Waals surface area contributed by atoms with E-state index in [0.29, 0.717) is 0 Å². The Kier molecular flexibility index (Phi) is 4.20. The van der Waals surface area contributed by atoms with Crippen LogP contribution < -0.4 is 4.72 Å². The zero-order chi connectivity index (χ0) is 17.4. The molecule has 0 saturated carbocycles. The predicted octanol–water partition coefficient (Wildman–Crippen LogP) is 2.76. The Hall–Kier alpha value is -2.36. The summed E-state index contributed by atoms with van der Waals surface area (Å²) in [4.78, 5) is 15.2. The molecule has 1 aromatic carbocycles. The lowest BCUT2D eigenvalue weighted by atomic mass is 10.0. The Morgan fingerprint density at radius 1 is 1.30 bits per heavy atom. The van der Waals surface area contributed by atoms with Crippen molar-refractivity contribution in [1.82, 2.24) is 4.98 Å². The van der Waals surface area contributed by atoms with Crippen LogP contribution in [0.3, 0.4) is 0 Å². The van der Waals surface area contributed by atoms with E-state index in [0.717, 1.165) is 0 Å². The van der Waals surface area contributed by atoms with Crippen molar-refractivity contribution in [3.05, 3.63) is 35.5 Å². The summed E-state index contributed by atoms with van der Waals surface area (Å²) in [7, 11) is -5.69. The van der Waals surface area contributed by atoms with Crippen molar-refractivity contribution in [2.75, 3.05) is 4.72 Å². The normalized spacial score (nSPS) is 12.3. The van der Waals surface area contributed by atoms with Gasteiger partial charge in [0.2, 0.25) is 0 Å². The summed E-state index contributed by atoms with van der Waals surface area (Å²) in [5.74, 6) is -1.46. The smallest absolute Gasteiger partial charge is 0.477 e. The van der Waals surface area contributed by atoms with Crippen LogP contribution in [0.15, 0.2) is 24.3 Å². The maximum Gasteiger partial charge on any atom is 0.516 e. The van der Waals surface area contributed by atoms with Gasteiger partial charge >= 0.3 is 21.5 Å². The maximum absolute atomic E-state index is 12.6. The van der Waals surface area contributed by atoms with Crippen LogP contribution in [0.1, 0.15) is 23.0 Å². The van der Waals surface area contributed by atoms with E-state index in [1.54, 1.807) is 0 Å². The minimum Gasteiger partial charge on any atom is -0.477 e. The van der Waals surface area contributed by atoms with Gasteiger partial charge in [-0.3, -0.25) is 4.72 Å². The molecule has 0 aliphatic carbocycles. The summed E-state index contributed by atoms with van der Waals surface area (Å²) in [5.41, 5.74) is -6.49. The van der Waals surface area contributed by atoms with Gasteiger partial charge in [-0.1, -0.05) is 25.1 Å². The first kappa shape index (κ1) is 17.0. The number of hydrogen-bond donors (Lipinski definition) is 2. The predicted molar refractivity (Wildman–Crippen MR) is 76.7 cm³/mol. The molecule has 0 spiro atoms. The van der Waals surface area contributed by atoms with Gasteiger partial charge in [0.25, 0.3) is 0 Å². The van der Waals surface area contributed by atoms with Gasteiger partial charge in [-0.05, 0) is 12.5 Å². The summed E-state index contributed by atoms with van der Waals surface area (Å²) in [6, 6.07) is 5.73. The molecule has 0 amide bonds. The summed E-state index contributed by atoms with van der Waals surface area (Å²) < 4.78 is 62.2. The van der Waals surface area contributed by atoms with E-state index in [9.17, 15) is 31.5 Å². The number of alkyl halides is 3. The van der Waals surface area contributed by atoms with Gasteiger partial charge in [-0.15, -0.1) is 0 Å². The summed E-state index contributed by atoms with van der Waals surface area (Å²) in [6.07, 6.45) is -0.0187. The SMILES string of the molecule is CCc1c(C(=O)O)nc2ccccc2c1NS(=O)(=O)C(F)(F)F. The lowest BCUT2D eigenvalue weighted by Crippen LogP contribution is -2.30. The minimum atomic E-state index is -5.69. The number of para-hydroxylation sites is 1. The number of halogens is 3. The number of carbonyl (C=O) groups is 1. The van der Waals surface area contributed by atoms with Crippen molar-refractivity contribution < 1.29 is 31.5 Å². The van der Waals surface area contributed by atoms with Crippen molar-refractivity contribution in [3.8, 4) is 0 Å². The van der Waals surface area contributed by atoms with Crippen LogP contribution >= 0.6 is 0 Å². The van der Waals surface area contributed by atoms with Gasteiger partial charge in [0.15, 0.2) is 5.69 Å². The van der Waals surface area contributed by atoms with Crippen LogP contribution in [0.2, 0.25) is 0 Å². The first-order chi connectivity index (χ1) is 10.6. The number of aromatic nitrogens is 1. The third kappa shape index (κ3) is 3.07. The summed E-state index contributed by atoms with van der Waals surface area (Å²) >= 11 is 0. The first-order valence-electron chi connectivity index (χ1n) is 6.32. The Bertz CT molecular complexity index is 879. The highest BCUT2D eigenvalue weighted by Crippen LogP contribution is 2.33. The van der Waals surface area contributed by atoms with Crippen molar-refractivity contribution >= 4 is 32.6 Å². The highest BCUT2D eigenvalue weighted by molar-refractivity contribution is 7.93. The molecule has 23 heavy (non-hydrogen) atoms. The van der Waals surface area contributed by atoms with E-state index in [-0.39, 0.29) is 22.9 Å². The fourth-order valence-corrected chi connectivity index (χ4v) is 2.70. The fraction of sp³-hybridized carbons (Fsp3) is 0.231. The van der Waals surface area contributed by atoms with E-state index >= 15 is 0 Å². The van der Waals surface area contributed by atoms with Crippen molar-refractivity contribution in [1.29, 1.82) is 0 Å². The topological polar surface area (TPSA) is 96.4 Å². The second-order valence-corrected chi connectivity index (χ2v) is 6.21. The average Bonchev–Trinajstić information content (AvgIpc) is 2.45.